The Morgan fingerprint density at radius 1 is 1.35 bits per heavy atom. The lowest BCUT2D eigenvalue weighted by Gasteiger charge is -2.35. The summed E-state index contributed by atoms with van der Waals surface area (Å²) < 4.78 is 5.63. The van der Waals surface area contributed by atoms with Crippen LogP contribution in [0.4, 0.5) is 0 Å². The Kier molecular flexibility index (Phi) is 5.67. The van der Waals surface area contributed by atoms with E-state index in [9.17, 15) is 5.11 Å². The van der Waals surface area contributed by atoms with E-state index in [1.165, 1.54) is 25.7 Å². The number of aliphatic hydroxyl groups excluding tert-OH is 1. The molecule has 3 heteroatoms. The second kappa shape index (κ2) is 7.28. The maximum Gasteiger partial charge on any atom is 0.118 e. The predicted molar refractivity (Wildman–Crippen MR) is 81.5 cm³/mol. The quantitative estimate of drug-likeness (QED) is 0.864. The molecule has 1 aliphatic rings. The highest BCUT2D eigenvalue weighted by molar-refractivity contribution is 5.05. The highest BCUT2D eigenvalue weighted by atomic mass is 16.3. The summed E-state index contributed by atoms with van der Waals surface area (Å²) in [7, 11) is 2.12. The van der Waals surface area contributed by atoms with Crippen LogP contribution in [0.1, 0.15) is 50.5 Å². The van der Waals surface area contributed by atoms with Crippen LogP contribution in [-0.4, -0.2) is 29.7 Å². The van der Waals surface area contributed by atoms with Crippen molar-refractivity contribution in [3.05, 3.63) is 23.7 Å². The topological polar surface area (TPSA) is 36.6 Å². The summed E-state index contributed by atoms with van der Waals surface area (Å²) in [6.45, 7) is 6.02. The summed E-state index contributed by atoms with van der Waals surface area (Å²) >= 11 is 0. The van der Waals surface area contributed by atoms with Crippen LogP contribution in [-0.2, 0) is 6.54 Å². The summed E-state index contributed by atoms with van der Waals surface area (Å²) in [4.78, 5) is 2.28. The highest BCUT2D eigenvalue weighted by Gasteiger charge is 2.29. The molecule has 1 aromatic heterocycles. The van der Waals surface area contributed by atoms with Gasteiger partial charge in [0.2, 0.25) is 0 Å². The van der Waals surface area contributed by atoms with E-state index in [0.717, 1.165) is 36.9 Å². The molecule has 114 valence electrons. The van der Waals surface area contributed by atoms with E-state index < -0.39 is 0 Å². The van der Waals surface area contributed by atoms with Gasteiger partial charge in [0, 0.05) is 6.54 Å². The second-order valence-corrected chi connectivity index (χ2v) is 6.50. The fourth-order valence-corrected chi connectivity index (χ4v) is 3.51. The van der Waals surface area contributed by atoms with Gasteiger partial charge in [-0.25, -0.2) is 0 Å². The number of aliphatic hydroxyl groups is 1. The van der Waals surface area contributed by atoms with Crippen molar-refractivity contribution in [1.29, 1.82) is 0 Å². The first-order valence-corrected chi connectivity index (χ1v) is 8.00. The molecule has 0 amide bonds. The van der Waals surface area contributed by atoms with Crippen molar-refractivity contribution in [1.82, 2.24) is 4.90 Å². The number of hydrogen-bond acceptors (Lipinski definition) is 3. The molecule has 20 heavy (non-hydrogen) atoms. The van der Waals surface area contributed by atoms with Gasteiger partial charge in [0.25, 0.3) is 0 Å². The van der Waals surface area contributed by atoms with Gasteiger partial charge in [-0.15, -0.1) is 0 Å². The van der Waals surface area contributed by atoms with Crippen molar-refractivity contribution >= 4 is 0 Å². The molecule has 0 aliphatic heterocycles. The first kappa shape index (κ1) is 15.6. The molecule has 0 radical (unpaired) electrons. The second-order valence-electron chi connectivity index (χ2n) is 6.50. The molecule has 2 rings (SSSR count). The van der Waals surface area contributed by atoms with Crippen LogP contribution in [0, 0.1) is 18.8 Å². The van der Waals surface area contributed by atoms with Crippen molar-refractivity contribution in [3.8, 4) is 0 Å². The van der Waals surface area contributed by atoms with Crippen LogP contribution in [0.25, 0.3) is 0 Å². The van der Waals surface area contributed by atoms with Gasteiger partial charge in [-0.3, -0.25) is 4.90 Å². The van der Waals surface area contributed by atoms with Gasteiger partial charge in [-0.2, -0.15) is 0 Å². The zero-order chi connectivity index (χ0) is 14.5. The van der Waals surface area contributed by atoms with E-state index in [2.05, 4.69) is 18.9 Å². The van der Waals surface area contributed by atoms with Crippen LogP contribution in [0.2, 0.25) is 0 Å². The number of nitrogens with zero attached hydrogens (tertiary/aromatic N) is 1. The van der Waals surface area contributed by atoms with Crippen LogP contribution in [0.5, 0.6) is 0 Å². The van der Waals surface area contributed by atoms with E-state index in [0.29, 0.717) is 5.92 Å². The minimum atomic E-state index is -0.121. The smallest absolute Gasteiger partial charge is 0.118 e. The van der Waals surface area contributed by atoms with E-state index in [1.807, 2.05) is 19.1 Å². The van der Waals surface area contributed by atoms with Crippen molar-refractivity contribution < 1.29 is 9.52 Å². The molecule has 0 saturated heterocycles. The van der Waals surface area contributed by atoms with Crippen molar-refractivity contribution in [2.75, 3.05) is 13.6 Å². The summed E-state index contributed by atoms with van der Waals surface area (Å²) in [5.41, 5.74) is 0. The fourth-order valence-electron chi connectivity index (χ4n) is 3.51. The number of rotatable bonds is 6. The average molecular weight is 279 g/mol. The molecule has 3 unspecified atom stereocenters. The Morgan fingerprint density at radius 2 is 2.15 bits per heavy atom. The lowest BCUT2D eigenvalue weighted by molar-refractivity contribution is 0.0279. The standard InChI is InChI=1S/C17H29NO2/c1-4-5-14-7-9-17(19)15(10-14)11-18(3)12-16-8-6-13(2)20-16/h6,8,14-15,17,19H,4-5,7,9-12H2,1-3H3. The molecule has 0 bridgehead atoms. The number of hydrogen-bond donors (Lipinski definition) is 1. The first-order valence-electron chi connectivity index (χ1n) is 8.00. The van der Waals surface area contributed by atoms with E-state index in [-0.39, 0.29) is 6.10 Å². The molecule has 1 aromatic rings. The molecular formula is C17H29NO2. The van der Waals surface area contributed by atoms with Gasteiger partial charge in [0.15, 0.2) is 0 Å². The van der Waals surface area contributed by atoms with Crippen LogP contribution in [0.3, 0.4) is 0 Å². The number of furan rings is 1. The zero-order valence-electron chi connectivity index (χ0n) is 13.1. The third-order valence-electron chi connectivity index (χ3n) is 4.52. The van der Waals surface area contributed by atoms with Gasteiger partial charge in [0.05, 0.1) is 12.6 Å². The Morgan fingerprint density at radius 3 is 2.80 bits per heavy atom. The van der Waals surface area contributed by atoms with Gasteiger partial charge < -0.3 is 9.52 Å². The molecule has 3 atom stereocenters. The molecule has 3 nitrogen and oxygen atoms in total. The summed E-state index contributed by atoms with van der Waals surface area (Å²) in [6, 6.07) is 4.05. The maximum atomic E-state index is 10.2. The van der Waals surface area contributed by atoms with Crippen LogP contribution in [0.15, 0.2) is 16.5 Å². The largest absolute Gasteiger partial charge is 0.465 e. The molecule has 1 saturated carbocycles. The SMILES string of the molecule is CCCC1CCC(O)C(CN(C)Cc2ccc(C)o2)C1. The van der Waals surface area contributed by atoms with E-state index >= 15 is 0 Å². The van der Waals surface area contributed by atoms with Crippen molar-refractivity contribution in [3.63, 3.8) is 0 Å². The molecule has 0 aromatic carbocycles. The monoisotopic (exact) mass is 279 g/mol. The summed E-state index contributed by atoms with van der Waals surface area (Å²) in [5, 5.41) is 10.2. The Balaban J connectivity index is 1.83. The fraction of sp³-hybridized carbons (Fsp3) is 0.765. The van der Waals surface area contributed by atoms with Gasteiger partial charge in [-0.1, -0.05) is 19.8 Å². The molecule has 1 fully saturated rings. The molecule has 0 spiro atoms. The molecule has 1 heterocycles. The van der Waals surface area contributed by atoms with E-state index in [1.54, 1.807) is 0 Å². The van der Waals surface area contributed by atoms with E-state index in [4.69, 9.17) is 4.42 Å². The third kappa shape index (κ3) is 4.35. The van der Waals surface area contributed by atoms with Crippen molar-refractivity contribution in [2.24, 2.45) is 11.8 Å². The van der Waals surface area contributed by atoms with Crippen LogP contribution < -0.4 is 0 Å². The number of aryl methyl sites for hydroxylation is 1. The average Bonchev–Trinajstić information content (AvgIpc) is 2.79. The lowest BCUT2D eigenvalue weighted by Crippen LogP contribution is -2.37. The molecular weight excluding hydrogens is 250 g/mol. The zero-order valence-corrected chi connectivity index (χ0v) is 13.1. The van der Waals surface area contributed by atoms with Crippen molar-refractivity contribution in [2.45, 2.75) is 58.6 Å². The highest BCUT2D eigenvalue weighted by Crippen LogP contribution is 2.32. The normalized spacial score (nSPS) is 27.1. The molecule has 1 N–H and O–H groups in total. The van der Waals surface area contributed by atoms with Crippen LogP contribution >= 0.6 is 0 Å². The third-order valence-corrected chi connectivity index (χ3v) is 4.52. The molecule has 1 aliphatic carbocycles. The van der Waals surface area contributed by atoms with Gasteiger partial charge in [0.1, 0.15) is 11.5 Å². The summed E-state index contributed by atoms with van der Waals surface area (Å²) in [6.07, 6.45) is 5.80. The predicted octanol–water partition coefficient (Wildman–Crippen LogP) is 3.60. The minimum Gasteiger partial charge on any atom is -0.465 e. The Labute approximate surface area is 123 Å². The maximum absolute atomic E-state index is 10.2. The minimum absolute atomic E-state index is 0.121. The summed E-state index contributed by atoms with van der Waals surface area (Å²) in [5.74, 6) is 3.21. The first-order chi connectivity index (χ1) is 9.58. The Hall–Kier alpha value is -0.800. The lowest BCUT2D eigenvalue weighted by atomic mass is 9.77. The van der Waals surface area contributed by atoms with Gasteiger partial charge >= 0.3 is 0 Å². The Bertz CT molecular complexity index is 401. The van der Waals surface area contributed by atoms with Gasteiger partial charge in [-0.05, 0) is 57.2 Å².